The summed E-state index contributed by atoms with van der Waals surface area (Å²) in [6, 6.07) is 4.55. The highest BCUT2D eigenvalue weighted by Crippen LogP contribution is 2.41. The van der Waals surface area contributed by atoms with Gasteiger partial charge in [0.05, 0.1) is 16.8 Å². The van der Waals surface area contributed by atoms with E-state index < -0.39 is 0 Å². The molecule has 0 aromatic carbocycles. The van der Waals surface area contributed by atoms with Crippen molar-refractivity contribution in [3.05, 3.63) is 38.5 Å². The first-order chi connectivity index (χ1) is 10.8. The summed E-state index contributed by atoms with van der Waals surface area (Å²) < 4.78 is 0. The minimum atomic E-state index is -0.317. The van der Waals surface area contributed by atoms with E-state index in [-0.39, 0.29) is 6.10 Å². The Morgan fingerprint density at radius 1 is 1.32 bits per heavy atom. The topological polar surface area (TPSA) is 36.4 Å². The number of likely N-dealkylation sites (tertiary alicyclic amines) is 1. The first-order valence-electron chi connectivity index (χ1n) is 8.19. The van der Waals surface area contributed by atoms with E-state index in [1.54, 1.807) is 11.3 Å². The molecule has 0 spiro atoms. The second-order valence-corrected chi connectivity index (χ2v) is 8.35. The maximum absolute atomic E-state index is 10.4. The molecule has 1 aliphatic carbocycles. The first-order valence-corrected chi connectivity index (χ1v) is 9.95. The molecule has 1 aliphatic heterocycles. The molecular weight excluding hydrogens is 312 g/mol. The van der Waals surface area contributed by atoms with E-state index in [1.807, 2.05) is 28.8 Å². The van der Waals surface area contributed by atoms with Crippen LogP contribution in [0.4, 0.5) is 0 Å². The molecule has 2 atom stereocenters. The number of hydrogen-bond acceptors (Lipinski definition) is 5. The van der Waals surface area contributed by atoms with Gasteiger partial charge in [-0.25, -0.2) is 4.98 Å². The van der Waals surface area contributed by atoms with Crippen molar-refractivity contribution in [1.82, 2.24) is 9.88 Å². The van der Waals surface area contributed by atoms with Crippen molar-refractivity contribution in [2.45, 2.75) is 56.7 Å². The smallest absolute Gasteiger partial charge is 0.0959 e. The Balaban J connectivity index is 1.37. The van der Waals surface area contributed by atoms with Crippen LogP contribution in [0.5, 0.6) is 0 Å². The standard InChI is InChI=1S/C17H22N2OS2/c20-15(16-4-2-8-21-16)9-14-3-1-7-19(14)10-13-11-22-17(18-13)12-5-6-12/h2,4,8,11-12,14-15,20H,1,3,5-7,9-10H2. The number of thiazole rings is 1. The van der Waals surface area contributed by atoms with Gasteiger partial charge in [-0.15, -0.1) is 22.7 Å². The predicted octanol–water partition coefficient (Wildman–Crippen LogP) is 4.17. The normalized spacial score (nSPS) is 24.0. The zero-order valence-electron chi connectivity index (χ0n) is 12.6. The Labute approximate surface area is 139 Å². The summed E-state index contributed by atoms with van der Waals surface area (Å²) in [5.41, 5.74) is 1.23. The lowest BCUT2D eigenvalue weighted by Crippen LogP contribution is -2.30. The molecule has 1 N–H and O–H groups in total. The van der Waals surface area contributed by atoms with E-state index in [2.05, 4.69) is 10.3 Å². The van der Waals surface area contributed by atoms with Gasteiger partial charge in [0.25, 0.3) is 0 Å². The predicted molar refractivity (Wildman–Crippen MR) is 91.4 cm³/mol. The van der Waals surface area contributed by atoms with E-state index in [0.717, 1.165) is 30.3 Å². The minimum absolute atomic E-state index is 0.317. The highest BCUT2D eigenvalue weighted by Gasteiger charge is 2.30. The maximum atomic E-state index is 10.4. The Morgan fingerprint density at radius 3 is 3.00 bits per heavy atom. The zero-order chi connectivity index (χ0) is 14.9. The van der Waals surface area contributed by atoms with Crippen molar-refractivity contribution in [3.63, 3.8) is 0 Å². The molecule has 1 saturated heterocycles. The maximum Gasteiger partial charge on any atom is 0.0959 e. The first kappa shape index (κ1) is 14.8. The Bertz CT molecular complexity index is 606. The monoisotopic (exact) mass is 334 g/mol. The average molecular weight is 335 g/mol. The van der Waals surface area contributed by atoms with Crippen molar-refractivity contribution in [1.29, 1.82) is 0 Å². The quantitative estimate of drug-likeness (QED) is 0.861. The highest BCUT2D eigenvalue weighted by molar-refractivity contribution is 7.10. The largest absolute Gasteiger partial charge is 0.388 e. The summed E-state index contributed by atoms with van der Waals surface area (Å²) in [5, 5.41) is 16.0. The zero-order valence-corrected chi connectivity index (χ0v) is 14.3. The third-order valence-corrected chi connectivity index (χ3v) is 6.76. The number of aromatic nitrogens is 1. The van der Waals surface area contributed by atoms with Gasteiger partial charge in [-0.1, -0.05) is 6.07 Å². The van der Waals surface area contributed by atoms with Crippen LogP contribution in [0, 0.1) is 0 Å². The van der Waals surface area contributed by atoms with Gasteiger partial charge in [0.15, 0.2) is 0 Å². The van der Waals surface area contributed by atoms with Gasteiger partial charge in [-0.3, -0.25) is 4.90 Å². The minimum Gasteiger partial charge on any atom is -0.388 e. The summed E-state index contributed by atoms with van der Waals surface area (Å²) >= 11 is 3.49. The lowest BCUT2D eigenvalue weighted by atomic mass is 10.1. The fraction of sp³-hybridized carbons (Fsp3) is 0.588. The van der Waals surface area contributed by atoms with E-state index >= 15 is 0 Å². The van der Waals surface area contributed by atoms with Gasteiger partial charge < -0.3 is 5.11 Å². The third-order valence-electron chi connectivity index (χ3n) is 4.73. The molecule has 22 heavy (non-hydrogen) atoms. The molecule has 0 radical (unpaired) electrons. The fourth-order valence-corrected chi connectivity index (χ4v) is 5.05. The molecule has 2 aromatic rings. The number of aliphatic hydroxyl groups excluding tert-OH is 1. The summed E-state index contributed by atoms with van der Waals surface area (Å²) in [6.45, 7) is 2.09. The van der Waals surface area contributed by atoms with Crippen molar-refractivity contribution in [2.75, 3.05) is 6.54 Å². The summed E-state index contributed by atoms with van der Waals surface area (Å²) in [4.78, 5) is 8.43. The van der Waals surface area contributed by atoms with Crippen LogP contribution in [0.25, 0.3) is 0 Å². The van der Waals surface area contributed by atoms with Gasteiger partial charge in [0, 0.05) is 28.8 Å². The van der Waals surface area contributed by atoms with E-state index in [0.29, 0.717) is 6.04 Å². The summed E-state index contributed by atoms with van der Waals surface area (Å²) in [6.07, 6.45) is 5.62. The van der Waals surface area contributed by atoms with Crippen molar-refractivity contribution in [2.24, 2.45) is 0 Å². The molecule has 2 unspecified atom stereocenters. The van der Waals surface area contributed by atoms with Crippen LogP contribution >= 0.6 is 22.7 Å². The van der Waals surface area contributed by atoms with Crippen molar-refractivity contribution >= 4 is 22.7 Å². The van der Waals surface area contributed by atoms with Gasteiger partial charge in [-0.2, -0.15) is 0 Å². The van der Waals surface area contributed by atoms with Gasteiger partial charge in [0.1, 0.15) is 0 Å². The number of nitrogens with zero attached hydrogens (tertiary/aromatic N) is 2. The number of hydrogen-bond donors (Lipinski definition) is 1. The molecule has 0 bridgehead atoms. The summed E-state index contributed by atoms with van der Waals surface area (Å²) in [7, 11) is 0. The van der Waals surface area contributed by atoms with Gasteiger partial charge >= 0.3 is 0 Å². The van der Waals surface area contributed by atoms with Gasteiger partial charge in [0.2, 0.25) is 0 Å². The highest BCUT2D eigenvalue weighted by atomic mass is 32.1. The van der Waals surface area contributed by atoms with Crippen LogP contribution in [0.2, 0.25) is 0 Å². The lowest BCUT2D eigenvalue weighted by Gasteiger charge is -2.25. The second kappa shape index (κ2) is 6.40. The van der Waals surface area contributed by atoms with Crippen molar-refractivity contribution < 1.29 is 5.11 Å². The second-order valence-electron chi connectivity index (χ2n) is 6.48. The van der Waals surface area contributed by atoms with E-state index in [4.69, 9.17) is 4.98 Å². The molecule has 2 aliphatic rings. The lowest BCUT2D eigenvalue weighted by molar-refractivity contribution is 0.120. The molecule has 3 heterocycles. The molecule has 4 rings (SSSR count). The number of rotatable bonds is 6. The molecule has 2 aromatic heterocycles. The average Bonchev–Trinajstić information content (AvgIpc) is 2.97. The van der Waals surface area contributed by atoms with Crippen LogP contribution in [-0.2, 0) is 6.54 Å². The molecule has 1 saturated carbocycles. The van der Waals surface area contributed by atoms with Crippen LogP contribution in [0.3, 0.4) is 0 Å². The molecule has 3 nitrogen and oxygen atoms in total. The molecule has 118 valence electrons. The SMILES string of the molecule is OC(CC1CCCN1Cc1csc(C2CC2)n1)c1cccs1. The Morgan fingerprint density at radius 2 is 2.23 bits per heavy atom. The molecule has 2 fully saturated rings. The van der Waals surface area contributed by atoms with Crippen LogP contribution in [0.1, 0.15) is 59.7 Å². The molecular formula is C17H22N2OS2. The van der Waals surface area contributed by atoms with Crippen LogP contribution < -0.4 is 0 Å². The molecule has 5 heteroatoms. The van der Waals surface area contributed by atoms with Crippen LogP contribution in [0.15, 0.2) is 22.9 Å². The van der Waals surface area contributed by atoms with Gasteiger partial charge in [-0.05, 0) is 50.1 Å². The number of aliphatic hydroxyl groups is 1. The van der Waals surface area contributed by atoms with E-state index in [9.17, 15) is 5.11 Å². The Kier molecular flexibility index (Phi) is 4.31. The third kappa shape index (κ3) is 3.27. The number of thiophene rings is 1. The fourth-order valence-electron chi connectivity index (χ4n) is 3.35. The summed E-state index contributed by atoms with van der Waals surface area (Å²) in [5.74, 6) is 0.758. The van der Waals surface area contributed by atoms with Crippen molar-refractivity contribution in [3.8, 4) is 0 Å². The molecule has 0 amide bonds. The van der Waals surface area contributed by atoms with E-state index in [1.165, 1.54) is 36.4 Å². The van der Waals surface area contributed by atoms with Crippen LogP contribution in [-0.4, -0.2) is 27.6 Å². The Hall–Kier alpha value is -0.750.